The number of carbonyl (C=O) groups excluding carboxylic acids is 1. The van der Waals surface area contributed by atoms with Crippen molar-refractivity contribution >= 4 is 39.3 Å². The van der Waals surface area contributed by atoms with Crippen LogP contribution in [0.5, 0.6) is 5.75 Å². The monoisotopic (exact) mass is 432 g/mol. The number of hydrogen-bond donors (Lipinski definition) is 0. The molecule has 3 nitrogen and oxygen atoms in total. The molecule has 0 spiro atoms. The van der Waals surface area contributed by atoms with E-state index in [1.54, 1.807) is 12.1 Å². The molecule has 3 aromatic rings. The fourth-order valence-corrected chi connectivity index (χ4v) is 3.02. The highest BCUT2D eigenvalue weighted by Gasteiger charge is 2.09. The molecule has 0 saturated carbocycles. The molecule has 0 amide bonds. The third-order valence-corrected chi connectivity index (χ3v) is 4.71. The summed E-state index contributed by atoms with van der Waals surface area (Å²) >= 11 is 2.20. The van der Waals surface area contributed by atoms with Crippen LogP contribution in [0.2, 0.25) is 0 Å². The Hall–Kier alpha value is -2.08. The van der Waals surface area contributed by atoms with Crippen molar-refractivity contribution in [2.24, 2.45) is 0 Å². The molecular weight excluding hydrogens is 415 g/mol. The summed E-state index contributed by atoms with van der Waals surface area (Å²) in [5.41, 5.74) is 1.73. The molecule has 122 valence electrons. The van der Waals surface area contributed by atoms with Crippen LogP contribution in [0.4, 0.5) is 0 Å². The first-order valence-electron chi connectivity index (χ1n) is 7.66. The molecule has 0 saturated heterocycles. The molecule has 0 aliphatic rings. The van der Waals surface area contributed by atoms with Crippen LogP contribution in [0.25, 0.3) is 10.8 Å². The van der Waals surface area contributed by atoms with Crippen molar-refractivity contribution in [2.45, 2.75) is 6.42 Å². The average Bonchev–Trinajstić information content (AvgIpc) is 2.62. The highest BCUT2D eigenvalue weighted by molar-refractivity contribution is 14.1. The second-order valence-electron chi connectivity index (χ2n) is 5.42. The third-order valence-electron chi connectivity index (χ3n) is 3.81. The minimum absolute atomic E-state index is 0.356. The van der Waals surface area contributed by atoms with Crippen molar-refractivity contribution in [3.05, 3.63) is 75.4 Å². The summed E-state index contributed by atoms with van der Waals surface area (Å²) in [6.07, 6.45) is 0.809. The van der Waals surface area contributed by atoms with E-state index in [1.807, 2.05) is 18.2 Å². The van der Waals surface area contributed by atoms with Crippen LogP contribution in [0.1, 0.15) is 15.9 Å². The van der Waals surface area contributed by atoms with Crippen LogP contribution >= 0.6 is 22.6 Å². The lowest BCUT2D eigenvalue weighted by Crippen LogP contribution is -2.05. The number of carbonyl (C=O) groups is 1. The Labute approximate surface area is 154 Å². The summed E-state index contributed by atoms with van der Waals surface area (Å²) in [6, 6.07) is 20.1. The van der Waals surface area contributed by atoms with Gasteiger partial charge in [0.25, 0.3) is 0 Å². The zero-order valence-corrected chi connectivity index (χ0v) is 15.4. The number of rotatable bonds is 5. The van der Waals surface area contributed by atoms with Gasteiger partial charge in [-0.05, 0) is 57.1 Å². The summed E-state index contributed by atoms with van der Waals surface area (Å²) in [7, 11) is 1.38. The SMILES string of the molecule is COC(=O)c1ccc(I)c(OCCc2ccc3ccccc3c2)c1. The van der Waals surface area contributed by atoms with Crippen LogP contribution in [0, 0.1) is 3.57 Å². The van der Waals surface area contributed by atoms with Crippen molar-refractivity contribution < 1.29 is 14.3 Å². The van der Waals surface area contributed by atoms with Crippen LogP contribution in [-0.2, 0) is 11.2 Å². The number of fused-ring (bicyclic) bond motifs is 1. The number of esters is 1. The zero-order chi connectivity index (χ0) is 16.9. The maximum atomic E-state index is 11.6. The summed E-state index contributed by atoms with van der Waals surface area (Å²) < 4.78 is 11.6. The molecule has 0 bridgehead atoms. The van der Waals surface area contributed by atoms with Gasteiger partial charge in [-0.1, -0.05) is 42.5 Å². The number of ether oxygens (including phenoxy) is 2. The van der Waals surface area contributed by atoms with Gasteiger partial charge in [0.15, 0.2) is 0 Å². The van der Waals surface area contributed by atoms with Gasteiger partial charge < -0.3 is 9.47 Å². The van der Waals surface area contributed by atoms with Crippen LogP contribution in [0.15, 0.2) is 60.7 Å². The predicted molar refractivity (Wildman–Crippen MR) is 104 cm³/mol. The van der Waals surface area contributed by atoms with Gasteiger partial charge in [-0.2, -0.15) is 0 Å². The molecule has 4 heteroatoms. The number of hydrogen-bond acceptors (Lipinski definition) is 3. The first-order valence-corrected chi connectivity index (χ1v) is 8.73. The van der Waals surface area contributed by atoms with Crippen molar-refractivity contribution in [2.75, 3.05) is 13.7 Å². The Kier molecular flexibility index (Phi) is 5.35. The first-order chi connectivity index (χ1) is 11.7. The van der Waals surface area contributed by atoms with E-state index in [2.05, 4.69) is 52.9 Å². The fraction of sp³-hybridized carbons (Fsp3) is 0.150. The summed E-state index contributed by atoms with van der Waals surface area (Å²) in [5.74, 6) is 0.352. The normalized spacial score (nSPS) is 10.6. The smallest absolute Gasteiger partial charge is 0.337 e. The molecule has 0 unspecified atom stereocenters. The Balaban J connectivity index is 1.68. The fourth-order valence-electron chi connectivity index (χ4n) is 2.53. The molecule has 0 aromatic heterocycles. The second-order valence-corrected chi connectivity index (χ2v) is 6.58. The van der Waals surface area contributed by atoms with Gasteiger partial charge in [0, 0.05) is 6.42 Å². The van der Waals surface area contributed by atoms with Gasteiger partial charge in [0.05, 0.1) is 22.9 Å². The second kappa shape index (κ2) is 7.66. The van der Waals surface area contributed by atoms with Gasteiger partial charge in [0.2, 0.25) is 0 Å². The number of methoxy groups -OCH3 is 1. The number of benzene rings is 3. The molecule has 0 N–H and O–H groups in total. The lowest BCUT2D eigenvalue weighted by Gasteiger charge is -2.10. The molecule has 0 aliphatic carbocycles. The molecule has 0 fully saturated rings. The lowest BCUT2D eigenvalue weighted by molar-refractivity contribution is 0.0600. The number of halogens is 1. The van der Waals surface area contributed by atoms with E-state index in [0.717, 1.165) is 9.99 Å². The van der Waals surface area contributed by atoms with E-state index < -0.39 is 0 Å². The van der Waals surface area contributed by atoms with Crippen LogP contribution in [-0.4, -0.2) is 19.7 Å². The maximum absolute atomic E-state index is 11.6. The van der Waals surface area contributed by atoms with Gasteiger partial charge in [-0.25, -0.2) is 4.79 Å². The summed E-state index contributed by atoms with van der Waals surface area (Å²) in [4.78, 5) is 11.6. The van der Waals surface area contributed by atoms with E-state index in [-0.39, 0.29) is 5.97 Å². The van der Waals surface area contributed by atoms with E-state index in [9.17, 15) is 4.79 Å². The van der Waals surface area contributed by atoms with Crippen LogP contribution in [0.3, 0.4) is 0 Å². The molecule has 0 radical (unpaired) electrons. The first kappa shape index (κ1) is 16.8. The Morgan fingerprint density at radius 1 is 1.00 bits per heavy atom. The topological polar surface area (TPSA) is 35.5 Å². The van der Waals surface area contributed by atoms with E-state index in [0.29, 0.717) is 17.9 Å². The quantitative estimate of drug-likeness (QED) is 0.427. The molecule has 0 heterocycles. The molecule has 3 rings (SSSR count). The van der Waals surface area contributed by atoms with Gasteiger partial charge in [-0.15, -0.1) is 0 Å². The molecular formula is C20H17IO3. The van der Waals surface area contributed by atoms with Crippen molar-refractivity contribution in [1.29, 1.82) is 0 Å². The third kappa shape index (κ3) is 3.87. The van der Waals surface area contributed by atoms with Crippen molar-refractivity contribution in [3.8, 4) is 5.75 Å². The largest absolute Gasteiger partial charge is 0.492 e. The molecule has 24 heavy (non-hydrogen) atoms. The Morgan fingerprint density at radius 3 is 2.58 bits per heavy atom. The minimum atomic E-state index is -0.356. The summed E-state index contributed by atoms with van der Waals surface area (Å²) in [6.45, 7) is 0.555. The van der Waals surface area contributed by atoms with E-state index in [1.165, 1.54) is 23.4 Å². The standard InChI is InChI=1S/C20H17IO3/c1-23-20(22)17-8-9-18(21)19(13-17)24-11-10-14-6-7-15-4-2-3-5-16(15)12-14/h2-9,12-13H,10-11H2,1H3. The molecule has 0 aliphatic heterocycles. The van der Waals surface area contributed by atoms with Crippen molar-refractivity contribution in [3.63, 3.8) is 0 Å². The zero-order valence-electron chi connectivity index (χ0n) is 13.3. The molecule has 3 aromatic carbocycles. The highest BCUT2D eigenvalue weighted by Crippen LogP contribution is 2.23. The Morgan fingerprint density at radius 2 is 1.79 bits per heavy atom. The average molecular weight is 432 g/mol. The highest BCUT2D eigenvalue weighted by atomic mass is 127. The van der Waals surface area contributed by atoms with Crippen molar-refractivity contribution in [1.82, 2.24) is 0 Å². The van der Waals surface area contributed by atoms with Gasteiger partial charge >= 0.3 is 5.97 Å². The van der Waals surface area contributed by atoms with Crippen LogP contribution < -0.4 is 4.74 Å². The lowest BCUT2D eigenvalue weighted by atomic mass is 10.1. The van der Waals surface area contributed by atoms with E-state index in [4.69, 9.17) is 9.47 Å². The summed E-state index contributed by atoms with van der Waals surface area (Å²) in [5, 5.41) is 2.47. The predicted octanol–water partition coefficient (Wildman–Crippen LogP) is 4.85. The van der Waals surface area contributed by atoms with Gasteiger partial charge in [0.1, 0.15) is 5.75 Å². The molecule has 0 atom stereocenters. The Bertz CT molecular complexity index is 874. The maximum Gasteiger partial charge on any atom is 0.337 e. The van der Waals surface area contributed by atoms with Gasteiger partial charge in [-0.3, -0.25) is 0 Å². The van der Waals surface area contributed by atoms with E-state index >= 15 is 0 Å². The minimum Gasteiger partial charge on any atom is -0.492 e.